The van der Waals surface area contributed by atoms with Crippen LogP contribution in [0.5, 0.6) is 0 Å². The van der Waals surface area contributed by atoms with Crippen molar-refractivity contribution >= 4 is 33.9 Å². The highest BCUT2D eigenvalue weighted by Gasteiger charge is 2.24. The summed E-state index contributed by atoms with van der Waals surface area (Å²) in [5.41, 5.74) is 4.36. The number of rotatable bonds is 7. The van der Waals surface area contributed by atoms with Crippen molar-refractivity contribution in [3.63, 3.8) is 0 Å². The van der Waals surface area contributed by atoms with E-state index in [0.29, 0.717) is 18.7 Å². The Hall–Kier alpha value is -3.57. The van der Waals surface area contributed by atoms with Crippen LogP contribution in [0.15, 0.2) is 59.5 Å². The summed E-state index contributed by atoms with van der Waals surface area (Å²) in [5.74, 6) is -3.24. The monoisotopic (exact) mass is 503 g/mol. The molecular formula is C24H26FN3O6S. The molecule has 2 aromatic carbocycles. The van der Waals surface area contributed by atoms with E-state index in [-0.39, 0.29) is 10.5 Å². The van der Waals surface area contributed by atoms with E-state index >= 15 is 0 Å². The fraction of sp³-hybridized carbons (Fsp3) is 0.292. The van der Waals surface area contributed by atoms with Gasteiger partial charge in [-0.25, -0.2) is 17.6 Å². The largest absolute Gasteiger partial charge is 0.452 e. The molecule has 9 nitrogen and oxygen atoms in total. The number of carbonyl (C=O) groups is 3. The molecule has 1 aliphatic heterocycles. The molecule has 0 aromatic heterocycles. The highest BCUT2D eigenvalue weighted by Crippen LogP contribution is 2.21. The van der Waals surface area contributed by atoms with Crippen molar-refractivity contribution in [2.75, 3.05) is 19.7 Å². The van der Waals surface area contributed by atoms with Crippen molar-refractivity contribution in [3.8, 4) is 0 Å². The fourth-order valence-electron chi connectivity index (χ4n) is 3.41. The summed E-state index contributed by atoms with van der Waals surface area (Å²) in [6.45, 7) is 0.347. The Bertz CT molecular complexity index is 1190. The number of hydrazine groups is 1. The number of sulfonamides is 1. The molecule has 35 heavy (non-hydrogen) atoms. The second kappa shape index (κ2) is 12.2. The maximum Gasteiger partial charge on any atom is 0.331 e. The lowest BCUT2D eigenvalue weighted by Crippen LogP contribution is -2.43. The van der Waals surface area contributed by atoms with E-state index in [9.17, 15) is 27.2 Å². The second-order valence-corrected chi connectivity index (χ2v) is 9.75. The van der Waals surface area contributed by atoms with Gasteiger partial charge in [-0.2, -0.15) is 4.31 Å². The van der Waals surface area contributed by atoms with Crippen molar-refractivity contribution in [3.05, 3.63) is 71.6 Å². The molecule has 1 saturated heterocycles. The van der Waals surface area contributed by atoms with Gasteiger partial charge in [-0.05, 0) is 48.7 Å². The summed E-state index contributed by atoms with van der Waals surface area (Å²) in [4.78, 5) is 35.6. The summed E-state index contributed by atoms with van der Waals surface area (Å²) in [6, 6.07) is 11.3. The molecule has 1 aliphatic rings. The minimum atomic E-state index is -3.56. The number of benzene rings is 2. The molecule has 186 valence electrons. The molecule has 1 fully saturated rings. The first-order valence-electron chi connectivity index (χ1n) is 11.1. The zero-order chi connectivity index (χ0) is 25.3. The van der Waals surface area contributed by atoms with Crippen molar-refractivity contribution < 1.29 is 31.9 Å². The van der Waals surface area contributed by atoms with E-state index in [4.69, 9.17) is 4.74 Å². The van der Waals surface area contributed by atoms with Gasteiger partial charge in [0.25, 0.3) is 11.8 Å². The third kappa shape index (κ3) is 7.46. The summed E-state index contributed by atoms with van der Waals surface area (Å²) in [7, 11) is -3.56. The molecular weight excluding hydrogens is 477 g/mol. The van der Waals surface area contributed by atoms with Gasteiger partial charge < -0.3 is 4.74 Å². The number of halogens is 1. The topological polar surface area (TPSA) is 122 Å². The van der Waals surface area contributed by atoms with Crippen molar-refractivity contribution in [2.24, 2.45) is 0 Å². The SMILES string of the molecule is O=C(COC(=O)/C=C/c1ccc(S(=O)(=O)N2CCCCCC2)cc1)NNC(=O)c1ccccc1F. The first kappa shape index (κ1) is 26.0. The molecule has 1 heterocycles. The second-order valence-electron chi connectivity index (χ2n) is 7.81. The van der Waals surface area contributed by atoms with E-state index in [1.807, 2.05) is 10.9 Å². The normalized spacial score (nSPS) is 14.8. The van der Waals surface area contributed by atoms with Gasteiger partial charge in [-0.3, -0.25) is 20.4 Å². The maximum absolute atomic E-state index is 13.5. The maximum atomic E-state index is 13.5. The van der Waals surface area contributed by atoms with E-state index in [1.165, 1.54) is 40.7 Å². The highest BCUT2D eigenvalue weighted by atomic mass is 32.2. The minimum absolute atomic E-state index is 0.188. The standard InChI is InChI=1S/C24H26FN3O6S/c25-21-8-4-3-7-20(21)24(31)27-26-22(29)17-34-23(30)14-11-18-9-12-19(13-10-18)35(32,33)28-15-5-1-2-6-16-28/h3-4,7-14H,1-2,5-6,15-17H2,(H,26,29)(H,27,31)/b14-11+. The molecule has 0 atom stereocenters. The summed E-state index contributed by atoms with van der Waals surface area (Å²) < 4.78 is 45.5. The van der Waals surface area contributed by atoms with Crippen LogP contribution < -0.4 is 10.9 Å². The van der Waals surface area contributed by atoms with Crippen LogP contribution in [-0.2, 0) is 24.3 Å². The van der Waals surface area contributed by atoms with Gasteiger partial charge in [0.05, 0.1) is 10.5 Å². The third-order valence-corrected chi connectivity index (χ3v) is 7.19. The quantitative estimate of drug-likeness (QED) is 0.340. The van der Waals surface area contributed by atoms with Gasteiger partial charge in [0.2, 0.25) is 10.0 Å². The zero-order valence-corrected chi connectivity index (χ0v) is 19.7. The summed E-state index contributed by atoms with van der Waals surface area (Å²) in [5, 5.41) is 0. The van der Waals surface area contributed by atoms with Crippen molar-refractivity contribution in [2.45, 2.75) is 30.6 Å². The number of esters is 1. The molecule has 0 radical (unpaired) electrons. The Morgan fingerprint density at radius 2 is 1.60 bits per heavy atom. The van der Waals surface area contributed by atoms with E-state index in [2.05, 4.69) is 0 Å². The number of nitrogens with zero attached hydrogens (tertiary/aromatic N) is 1. The van der Waals surface area contributed by atoms with Gasteiger partial charge >= 0.3 is 5.97 Å². The Labute approximate surface area is 203 Å². The lowest BCUT2D eigenvalue weighted by Gasteiger charge is -2.19. The van der Waals surface area contributed by atoms with Crippen LogP contribution in [0.3, 0.4) is 0 Å². The minimum Gasteiger partial charge on any atom is -0.452 e. The smallest absolute Gasteiger partial charge is 0.331 e. The Balaban J connectivity index is 1.46. The molecule has 0 unspecified atom stereocenters. The van der Waals surface area contributed by atoms with E-state index in [1.54, 1.807) is 12.1 Å². The van der Waals surface area contributed by atoms with E-state index < -0.39 is 40.2 Å². The molecule has 0 spiro atoms. The van der Waals surface area contributed by atoms with Gasteiger partial charge in [0, 0.05) is 19.2 Å². The molecule has 2 aromatic rings. The zero-order valence-electron chi connectivity index (χ0n) is 18.9. The predicted molar refractivity (Wildman–Crippen MR) is 126 cm³/mol. The third-order valence-electron chi connectivity index (χ3n) is 5.27. The van der Waals surface area contributed by atoms with Crippen LogP contribution in [0, 0.1) is 5.82 Å². The lowest BCUT2D eigenvalue weighted by molar-refractivity contribution is -0.144. The van der Waals surface area contributed by atoms with Crippen LogP contribution in [0.4, 0.5) is 4.39 Å². The van der Waals surface area contributed by atoms with Crippen LogP contribution in [-0.4, -0.2) is 50.2 Å². The Morgan fingerprint density at radius 1 is 0.943 bits per heavy atom. The van der Waals surface area contributed by atoms with Gasteiger partial charge in [0.15, 0.2) is 6.61 Å². The molecule has 0 bridgehead atoms. The molecule has 11 heteroatoms. The fourth-order valence-corrected chi connectivity index (χ4v) is 4.92. The highest BCUT2D eigenvalue weighted by molar-refractivity contribution is 7.89. The number of nitrogens with one attached hydrogen (secondary N) is 2. The number of hydrogen-bond acceptors (Lipinski definition) is 6. The average Bonchev–Trinajstić information content (AvgIpc) is 3.15. The first-order valence-corrected chi connectivity index (χ1v) is 12.5. The summed E-state index contributed by atoms with van der Waals surface area (Å²) >= 11 is 0. The Morgan fingerprint density at radius 3 is 2.26 bits per heavy atom. The van der Waals surface area contributed by atoms with Crippen molar-refractivity contribution in [1.29, 1.82) is 0 Å². The van der Waals surface area contributed by atoms with E-state index in [0.717, 1.165) is 37.8 Å². The predicted octanol–water partition coefficient (Wildman–Crippen LogP) is 2.41. The van der Waals surface area contributed by atoms with Crippen LogP contribution >= 0.6 is 0 Å². The van der Waals surface area contributed by atoms with Gasteiger partial charge in [-0.1, -0.05) is 37.1 Å². The van der Waals surface area contributed by atoms with Crippen LogP contribution in [0.1, 0.15) is 41.6 Å². The molecule has 2 amide bonds. The summed E-state index contributed by atoms with van der Waals surface area (Å²) in [6.07, 6.45) is 6.24. The molecule has 3 rings (SSSR count). The van der Waals surface area contributed by atoms with Crippen LogP contribution in [0.25, 0.3) is 6.08 Å². The lowest BCUT2D eigenvalue weighted by atomic mass is 10.2. The number of amides is 2. The van der Waals surface area contributed by atoms with Crippen LogP contribution in [0.2, 0.25) is 0 Å². The van der Waals surface area contributed by atoms with Gasteiger partial charge in [-0.15, -0.1) is 0 Å². The van der Waals surface area contributed by atoms with Gasteiger partial charge in [0.1, 0.15) is 5.82 Å². The van der Waals surface area contributed by atoms with Crippen molar-refractivity contribution in [1.82, 2.24) is 15.2 Å². The number of carbonyl (C=O) groups excluding carboxylic acids is 3. The molecule has 2 N–H and O–H groups in total. The average molecular weight is 504 g/mol. The Kier molecular flexibility index (Phi) is 9.10. The molecule has 0 saturated carbocycles. The number of ether oxygens (including phenoxy) is 1. The first-order chi connectivity index (χ1) is 16.8. The molecule has 0 aliphatic carbocycles. The number of hydrogen-bond donors (Lipinski definition) is 2.